The van der Waals surface area contributed by atoms with Crippen molar-refractivity contribution < 1.29 is 14.6 Å². The molecule has 0 saturated heterocycles. The van der Waals surface area contributed by atoms with Gasteiger partial charge in [-0.15, -0.1) is 0 Å². The first-order valence-corrected chi connectivity index (χ1v) is 8.25. The van der Waals surface area contributed by atoms with Crippen LogP contribution in [0.4, 0.5) is 11.4 Å². The van der Waals surface area contributed by atoms with Crippen LogP contribution >= 0.6 is 0 Å². The third-order valence-electron chi connectivity index (χ3n) is 3.75. The first-order valence-electron chi connectivity index (χ1n) is 8.25. The topological polar surface area (TPSA) is 71.2 Å². The Kier molecular flexibility index (Phi) is 5.57. The van der Waals surface area contributed by atoms with Gasteiger partial charge in [0.25, 0.3) is 0 Å². The minimum atomic E-state index is -0.352. The largest absolute Gasteiger partial charge is 0.507 e. The molecule has 1 N–H and O–H groups in total. The molecule has 0 unspecified atom stereocenters. The lowest BCUT2D eigenvalue weighted by atomic mass is 9.85. The summed E-state index contributed by atoms with van der Waals surface area (Å²) in [6, 6.07) is 10.4. The highest BCUT2D eigenvalue weighted by molar-refractivity contribution is 5.89. The number of esters is 1. The van der Waals surface area contributed by atoms with E-state index in [4.69, 9.17) is 4.74 Å². The summed E-state index contributed by atoms with van der Waals surface area (Å²) in [6.07, 6.45) is 0. The Labute approximate surface area is 148 Å². The van der Waals surface area contributed by atoms with Crippen molar-refractivity contribution in [3.05, 3.63) is 53.1 Å². The first-order chi connectivity index (χ1) is 11.7. The maximum absolute atomic E-state index is 11.6. The van der Waals surface area contributed by atoms with Gasteiger partial charge in [0.1, 0.15) is 5.75 Å². The molecule has 2 aromatic carbocycles. The number of phenolic OH excluding ortho intramolecular Hbond substituents is 1. The van der Waals surface area contributed by atoms with E-state index in [-0.39, 0.29) is 11.4 Å². The molecule has 0 amide bonds. The van der Waals surface area contributed by atoms with Crippen LogP contribution in [0.3, 0.4) is 0 Å². The summed E-state index contributed by atoms with van der Waals surface area (Å²) in [6.45, 7) is 10.1. The van der Waals surface area contributed by atoms with Gasteiger partial charge >= 0.3 is 5.97 Å². The van der Waals surface area contributed by atoms with Gasteiger partial charge in [-0.2, -0.15) is 10.2 Å². The normalized spacial score (nSPS) is 11.7. The van der Waals surface area contributed by atoms with Crippen molar-refractivity contribution >= 4 is 17.3 Å². The fraction of sp³-hybridized carbons (Fsp3) is 0.350. The van der Waals surface area contributed by atoms with Crippen LogP contribution in [-0.4, -0.2) is 17.7 Å². The quantitative estimate of drug-likeness (QED) is 0.582. The zero-order chi connectivity index (χ0) is 18.6. The van der Waals surface area contributed by atoms with Crippen LogP contribution in [-0.2, 0) is 10.2 Å². The minimum Gasteiger partial charge on any atom is -0.507 e. The summed E-state index contributed by atoms with van der Waals surface area (Å²) in [5, 5.41) is 18.7. The average Bonchev–Trinajstić information content (AvgIpc) is 2.55. The summed E-state index contributed by atoms with van der Waals surface area (Å²) in [7, 11) is 0. The number of aromatic hydroxyl groups is 1. The molecule has 0 radical (unpaired) electrons. The number of aryl methyl sites for hydroxylation is 1. The second-order valence-electron chi connectivity index (χ2n) is 6.88. The molecule has 0 aliphatic heterocycles. The Bertz CT molecular complexity index is 788. The first kappa shape index (κ1) is 18.6. The number of ether oxygens (including phenoxy) is 1. The van der Waals surface area contributed by atoms with Gasteiger partial charge in [-0.25, -0.2) is 4.79 Å². The number of azo groups is 1. The fourth-order valence-electron chi connectivity index (χ4n) is 2.38. The van der Waals surface area contributed by atoms with Crippen LogP contribution in [0.2, 0.25) is 0 Å². The van der Waals surface area contributed by atoms with Gasteiger partial charge in [0, 0.05) is 5.56 Å². The summed E-state index contributed by atoms with van der Waals surface area (Å²) in [5.41, 5.74) is 3.20. The molecule has 0 aliphatic rings. The maximum Gasteiger partial charge on any atom is 0.338 e. The Hall–Kier alpha value is -2.69. The van der Waals surface area contributed by atoms with E-state index in [1.165, 1.54) is 0 Å². The second kappa shape index (κ2) is 7.47. The van der Waals surface area contributed by atoms with Gasteiger partial charge in [-0.3, -0.25) is 0 Å². The van der Waals surface area contributed by atoms with Crippen LogP contribution < -0.4 is 0 Å². The van der Waals surface area contributed by atoms with Crippen molar-refractivity contribution in [3.63, 3.8) is 0 Å². The molecule has 0 bridgehead atoms. The maximum atomic E-state index is 11.6. The van der Waals surface area contributed by atoms with Crippen LogP contribution in [0.1, 0.15) is 49.2 Å². The fourth-order valence-corrected chi connectivity index (χ4v) is 2.38. The summed E-state index contributed by atoms with van der Waals surface area (Å²) >= 11 is 0. The molecular weight excluding hydrogens is 316 g/mol. The molecule has 0 aliphatic carbocycles. The van der Waals surface area contributed by atoms with E-state index in [1.807, 2.05) is 33.8 Å². The lowest BCUT2D eigenvalue weighted by Crippen LogP contribution is -2.11. The van der Waals surface area contributed by atoms with Crippen LogP contribution in [0.5, 0.6) is 5.75 Å². The SMILES string of the molecule is CCOC(=O)c1ccc(N=Nc2cc(C)c(O)c(C(C)(C)C)c2)cc1. The van der Waals surface area contributed by atoms with Gasteiger partial charge in [0.05, 0.1) is 23.5 Å². The van der Waals surface area contributed by atoms with Crippen molar-refractivity contribution in [2.24, 2.45) is 10.2 Å². The molecular formula is C20H24N2O3. The number of nitrogens with zero attached hydrogens (tertiary/aromatic N) is 2. The third-order valence-corrected chi connectivity index (χ3v) is 3.75. The number of benzene rings is 2. The second-order valence-corrected chi connectivity index (χ2v) is 6.88. The number of carbonyl (C=O) groups is 1. The molecule has 2 aromatic rings. The average molecular weight is 340 g/mol. The Morgan fingerprint density at radius 2 is 1.68 bits per heavy atom. The van der Waals surface area contributed by atoms with Gasteiger partial charge in [-0.1, -0.05) is 20.8 Å². The van der Waals surface area contributed by atoms with E-state index in [0.29, 0.717) is 29.3 Å². The number of rotatable bonds is 4. The molecule has 0 saturated carbocycles. The molecule has 25 heavy (non-hydrogen) atoms. The summed E-state index contributed by atoms with van der Waals surface area (Å²) in [4.78, 5) is 11.6. The van der Waals surface area contributed by atoms with Crippen molar-refractivity contribution in [2.75, 3.05) is 6.61 Å². The van der Waals surface area contributed by atoms with Gasteiger partial charge in [0.15, 0.2) is 0 Å². The Morgan fingerprint density at radius 1 is 1.08 bits per heavy atom. The molecule has 132 valence electrons. The highest BCUT2D eigenvalue weighted by Crippen LogP contribution is 2.36. The smallest absolute Gasteiger partial charge is 0.338 e. The molecule has 2 rings (SSSR count). The van der Waals surface area contributed by atoms with E-state index < -0.39 is 0 Å². The zero-order valence-corrected chi connectivity index (χ0v) is 15.3. The minimum absolute atomic E-state index is 0.193. The lowest BCUT2D eigenvalue weighted by molar-refractivity contribution is 0.0526. The number of phenols is 1. The van der Waals surface area contributed by atoms with Crippen molar-refractivity contribution in [3.8, 4) is 5.75 Å². The van der Waals surface area contributed by atoms with Gasteiger partial charge in [-0.05, 0) is 61.2 Å². The molecule has 5 nitrogen and oxygen atoms in total. The third kappa shape index (κ3) is 4.66. The zero-order valence-electron chi connectivity index (χ0n) is 15.3. The number of carbonyl (C=O) groups excluding carboxylic acids is 1. The predicted octanol–water partition coefficient (Wildman–Crippen LogP) is 5.59. The summed E-state index contributed by atoms with van der Waals surface area (Å²) < 4.78 is 4.95. The van der Waals surface area contributed by atoms with E-state index in [2.05, 4.69) is 10.2 Å². The van der Waals surface area contributed by atoms with E-state index >= 15 is 0 Å². The van der Waals surface area contributed by atoms with Crippen LogP contribution in [0, 0.1) is 6.92 Å². The van der Waals surface area contributed by atoms with Gasteiger partial charge in [0.2, 0.25) is 0 Å². The lowest BCUT2D eigenvalue weighted by Gasteiger charge is -2.21. The number of hydrogen-bond acceptors (Lipinski definition) is 5. The highest BCUT2D eigenvalue weighted by Gasteiger charge is 2.20. The Morgan fingerprint density at radius 3 is 2.24 bits per heavy atom. The molecule has 0 spiro atoms. The van der Waals surface area contributed by atoms with Gasteiger partial charge < -0.3 is 9.84 Å². The predicted molar refractivity (Wildman–Crippen MR) is 98.1 cm³/mol. The van der Waals surface area contributed by atoms with E-state index in [9.17, 15) is 9.90 Å². The Balaban J connectivity index is 2.25. The number of hydrogen-bond donors (Lipinski definition) is 1. The molecule has 0 aromatic heterocycles. The van der Waals surface area contributed by atoms with Crippen molar-refractivity contribution in [1.82, 2.24) is 0 Å². The molecule has 0 fully saturated rings. The van der Waals surface area contributed by atoms with E-state index in [1.54, 1.807) is 37.3 Å². The molecule has 0 atom stereocenters. The monoisotopic (exact) mass is 340 g/mol. The van der Waals surface area contributed by atoms with Crippen LogP contribution in [0.15, 0.2) is 46.6 Å². The molecule has 0 heterocycles. The van der Waals surface area contributed by atoms with Crippen molar-refractivity contribution in [1.29, 1.82) is 0 Å². The standard InChI is InChI=1S/C20H24N2O3/c1-6-25-19(24)14-7-9-15(10-8-14)21-22-16-11-13(2)18(23)17(12-16)20(3,4)5/h7-12,23H,6H2,1-5H3. The van der Waals surface area contributed by atoms with E-state index in [0.717, 1.165) is 11.1 Å². The van der Waals surface area contributed by atoms with Crippen molar-refractivity contribution in [2.45, 2.75) is 40.0 Å². The summed E-state index contributed by atoms with van der Waals surface area (Å²) in [5.74, 6) is -0.0554. The molecule has 5 heteroatoms. The van der Waals surface area contributed by atoms with Crippen LogP contribution in [0.25, 0.3) is 0 Å². The highest BCUT2D eigenvalue weighted by atomic mass is 16.5.